The van der Waals surface area contributed by atoms with Gasteiger partial charge >= 0.3 is 11.9 Å². The number of hydrogen-bond donors (Lipinski definition) is 2. The fourth-order valence-corrected chi connectivity index (χ4v) is 2.68. The molecule has 2 amide bonds. The van der Waals surface area contributed by atoms with E-state index in [0.29, 0.717) is 23.5 Å². The Kier molecular flexibility index (Phi) is 10.5. The van der Waals surface area contributed by atoms with Gasteiger partial charge < -0.3 is 20.1 Å². The van der Waals surface area contributed by atoms with Crippen molar-refractivity contribution < 1.29 is 33.0 Å². The summed E-state index contributed by atoms with van der Waals surface area (Å²) in [6.07, 6.45) is 2.50. The Hall–Kier alpha value is -3.75. The van der Waals surface area contributed by atoms with Crippen molar-refractivity contribution in [2.24, 2.45) is 0 Å². The summed E-state index contributed by atoms with van der Waals surface area (Å²) < 4.78 is 22.9. The summed E-state index contributed by atoms with van der Waals surface area (Å²) in [4.78, 5) is 47.5. The van der Waals surface area contributed by atoms with E-state index in [1.807, 2.05) is 0 Å². The SMILES string of the molecule is CCCCCOC(=O)c1ccc(NC(=O)CCC(=O)OCC(=O)Nc2ccc(F)cc2)cc1. The molecule has 176 valence electrons. The van der Waals surface area contributed by atoms with Crippen LogP contribution in [-0.2, 0) is 23.9 Å². The van der Waals surface area contributed by atoms with Gasteiger partial charge in [0.15, 0.2) is 6.61 Å². The van der Waals surface area contributed by atoms with Crippen LogP contribution in [0.25, 0.3) is 0 Å². The van der Waals surface area contributed by atoms with E-state index in [1.54, 1.807) is 24.3 Å². The Morgan fingerprint density at radius 3 is 2.03 bits per heavy atom. The van der Waals surface area contributed by atoms with Crippen LogP contribution in [-0.4, -0.2) is 37.0 Å². The van der Waals surface area contributed by atoms with Gasteiger partial charge in [-0.15, -0.1) is 0 Å². The molecule has 0 atom stereocenters. The molecule has 0 aromatic heterocycles. The second-order valence-electron chi connectivity index (χ2n) is 7.18. The van der Waals surface area contributed by atoms with Gasteiger partial charge in [-0.1, -0.05) is 19.8 Å². The van der Waals surface area contributed by atoms with Gasteiger partial charge in [-0.2, -0.15) is 0 Å². The van der Waals surface area contributed by atoms with Gasteiger partial charge in [0, 0.05) is 17.8 Å². The normalized spacial score (nSPS) is 10.2. The highest BCUT2D eigenvalue weighted by molar-refractivity contribution is 5.95. The van der Waals surface area contributed by atoms with E-state index in [0.717, 1.165) is 19.3 Å². The Morgan fingerprint density at radius 1 is 0.788 bits per heavy atom. The molecule has 0 radical (unpaired) electrons. The standard InChI is InChI=1S/C24H27FN2O6/c1-2-3-4-15-32-24(31)17-5-9-19(10-6-17)26-21(28)13-14-23(30)33-16-22(29)27-20-11-7-18(25)8-12-20/h5-12H,2-4,13-16H2,1H3,(H,26,28)(H,27,29). The molecule has 0 aliphatic heterocycles. The maximum Gasteiger partial charge on any atom is 0.338 e. The molecule has 0 unspecified atom stereocenters. The third kappa shape index (κ3) is 9.94. The summed E-state index contributed by atoms with van der Waals surface area (Å²) in [5, 5.41) is 5.07. The van der Waals surface area contributed by atoms with Crippen LogP contribution in [0, 0.1) is 5.82 Å². The molecule has 33 heavy (non-hydrogen) atoms. The van der Waals surface area contributed by atoms with Crippen molar-refractivity contribution in [1.82, 2.24) is 0 Å². The van der Waals surface area contributed by atoms with Crippen LogP contribution in [0.3, 0.4) is 0 Å². The van der Waals surface area contributed by atoms with Crippen LogP contribution in [0.2, 0.25) is 0 Å². The number of nitrogens with one attached hydrogen (secondary N) is 2. The number of rotatable bonds is 12. The first-order valence-corrected chi connectivity index (χ1v) is 10.7. The molecular weight excluding hydrogens is 431 g/mol. The number of hydrogen-bond acceptors (Lipinski definition) is 6. The molecule has 0 heterocycles. The molecule has 0 spiro atoms. The lowest BCUT2D eigenvalue weighted by Gasteiger charge is -2.08. The van der Waals surface area contributed by atoms with Crippen LogP contribution in [0.4, 0.5) is 15.8 Å². The molecule has 0 saturated carbocycles. The maximum atomic E-state index is 12.8. The molecule has 9 heteroatoms. The van der Waals surface area contributed by atoms with Crippen LogP contribution in [0.15, 0.2) is 48.5 Å². The summed E-state index contributed by atoms with van der Waals surface area (Å²) in [6, 6.07) is 11.4. The van der Waals surface area contributed by atoms with E-state index in [2.05, 4.69) is 17.6 Å². The number of anilines is 2. The van der Waals surface area contributed by atoms with E-state index >= 15 is 0 Å². The Balaban J connectivity index is 1.66. The highest BCUT2D eigenvalue weighted by Gasteiger charge is 2.12. The first kappa shape index (κ1) is 25.5. The Morgan fingerprint density at radius 2 is 1.39 bits per heavy atom. The predicted octanol–water partition coefficient (Wildman–Crippen LogP) is 4.07. The van der Waals surface area contributed by atoms with Crippen molar-refractivity contribution in [2.75, 3.05) is 23.8 Å². The van der Waals surface area contributed by atoms with Gasteiger partial charge in [-0.25, -0.2) is 9.18 Å². The highest BCUT2D eigenvalue weighted by Crippen LogP contribution is 2.12. The molecule has 2 aromatic rings. The minimum atomic E-state index is -0.708. The summed E-state index contributed by atoms with van der Waals surface area (Å²) in [5.74, 6) is -2.56. The number of halogens is 1. The van der Waals surface area contributed by atoms with Crippen molar-refractivity contribution in [1.29, 1.82) is 0 Å². The molecule has 0 bridgehead atoms. The monoisotopic (exact) mass is 458 g/mol. The molecule has 8 nitrogen and oxygen atoms in total. The van der Waals surface area contributed by atoms with Crippen LogP contribution in [0.5, 0.6) is 0 Å². The lowest BCUT2D eigenvalue weighted by molar-refractivity contribution is -0.147. The number of ether oxygens (including phenoxy) is 2. The molecular formula is C24H27FN2O6. The van der Waals surface area contributed by atoms with Gasteiger partial charge in [-0.05, 0) is 55.0 Å². The summed E-state index contributed by atoms with van der Waals surface area (Å²) >= 11 is 0. The lowest BCUT2D eigenvalue weighted by Crippen LogP contribution is -2.21. The number of amides is 2. The fourth-order valence-electron chi connectivity index (χ4n) is 2.68. The second-order valence-corrected chi connectivity index (χ2v) is 7.18. The van der Waals surface area contributed by atoms with Crippen molar-refractivity contribution in [3.63, 3.8) is 0 Å². The van der Waals surface area contributed by atoms with Gasteiger partial charge in [0.1, 0.15) is 5.82 Å². The minimum Gasteiger partial charge on any atom is -0.462 e. The zero-order valence-corrected chi connectivity index (χ0v) is 18.4. The number of benzene rings is 2. The van der Waals surface area contributed by atoms with Crippen molar-refractivity contribution in [3.8, 4) is 0 Å². The summed E-state index contributed by atoms with van der Waals surface area (Å²) in [7, 11) is 0. The second kappa shape index (κ2) is 13.6. The summed E-state index contributed by atoms with van der Waals surface area (Å²) in [5.41, 5.74) is 1.22. The number of carbonyl (C=O) groups is 4. The van der Waals surface area contributed by atoms with E-state index in [-0.39, 0.29) is 12.8 Å². The average molecular weight is 458 g/mol. The molecule has 2 aromatic carbocycles. The van der Waals surface area contributed by atoms with Crippen LogP contribution in [0.1, 0.15) is 49.4 Å². The molecule has 2 rings (SSSR count). The van der Waals surface area contributed by atoms with Gasteiger partial charge in [0.2, 0.25) is 5.91 Å². The third-order valence-corrected chi connectivity index (χ3v) is 4.43. The highest BCUT2D eigenvalue weighted by atomic mass is 19.1. The van der Waals surface area contributed by atoms with Crippen molar-refractivity contribution in [3.05, 3.63) is 59.9 Å². The largest absolute Gasteiger partial charge is 0.462 e. The zero-order valence-electron chi connectivity index (χ0n) is 18.4. The fraction of sp³-hybridized carbons (Fsp3) is 0.333. The molecule has 0 aliphatic rings. The van der Waals surface area contributed by atoms with Gasteiger partial charge in [0.05, 0.1) is 18.6 Å². The molecule has 0 aliphatic carbocycles. The first-order valence-electron chi connectivity index (χ1n) is 10.7. The smallest absolute Gasteiger partial charge is 0.338 e. The van der Waals surface area contributed by atoms with E-state index < -0.39 is 36.2 Å². The topological polar surface area (TPSA) is 111 Å². The number of carbonyl (C=O) groups excluding carboxylic acids is 4. The predicted molar refractivity (Wildman–Crippen MR) is 120 cm³/mol. The number of unbranched alkanes of at least 4 members (excludes halogenated alkanes) is 2. The molecule has 0 saturated heterocycles. The van der Waals surface area contributed by atoms with E-state index in [9.17, 15) is 23.6 Å². The first-order chi connectivity index (χ1) is 15.9. The Bertz CT molecular complexity index is 944. The maximum absolute atomic E-state index is 12.8. The Labute approximate surface area is 191 Å². The quantitative estimate of drug-likeness (QED) is 0.366. The van der Waals surface area contributed by atoms with Gasteiger partial charge in [-0.3, -0.25) is 14.4 Å². The average Bonchev–Trinajstić information content (AvgIpc) is 2.81. The van der Waals surface area contributed by atoms with Gasteiger partial charge in [0.25, 0.3) is 5.91 Å². The van der Waals surface area contributed by atoms with Crippen LogP contribution >= 0.6 is 0 Å². The van der Waals surface area contributed by atoms with Crippen molar-refractivity contribution >= 4 is 35.1 Å². The third-order valence-electron chi connectivity index (χ3n) is 4.43. The van der Waals surface area contributed by atoms with Crippen LogP contribution < -0.4 is 10.6 Å². The zero-order chi connectivity index (χ0) is 24.1. The number of esters is 2. The summed E-state index contributed by atoms with van der Waals surface area (Å²) in [6.45, 7) is 1.91. The van der Waals surface area contributed by atoms with E-state index in [1.165, 1.54) is 24.3 Å². The van der Waals surface area contributed by atoms with Crippen molar-refractivity contribution in [2.45, 2.75) is 39.0 Å². The minimum absolute atomic E-state index is 0.139. The van der Waals surface area contributed by atoms with E-state index in [4.69, 9.17) is 9.47 Å². The lowest BCUT2D eigenvalue weighted by atomic mass is 10.2. The molecule has 0 fully saturated rings. The molecule has 2 N–H and O–H groups in total.